The van der Waals surface area contributed by atoms with Gasteiger partial charge in [0, 0.05) is 45.0 Å². The van der Waals surface area contributed by atoms with Crippen LogP contribution in [0.3, 0.4) is 0 Å². The van der Waals surface area contributed by atoms with E-state index in [0.29, 0.717) is 17.3 Å². The van der Waals surface area contributed by atoms with E-state index >= 15 is 0 Å². The monoisotopic (exact) mass is 363 g/mol. The van der Waals surface area contributed by atoms with E-state index in [2.05, 4.69) is 29.0 Å². The number of benzene rings is 1. The van der Waals surface area contributed by atoms with Crippen LogP contribution in [0.25, 0.3) is 0 Å². The molecule has 2 aromatic rings. The van der Waals surface area contributed by atoms with Gasteiger partial charge in [-0.1, -0.05) is 18.2 Å². The molecule has 0 amide bonds. The Morgan fingerprint density at radius 2 is 1.79 bits per heavy atom. The van der Waals surface area contributed by atoms with E-state index in [-0.39, 0.29) is 0 Å². The van der Waals surface area contributed by atoms with Crippen molar-refractivity contribution in [2.24, 2.45) is 0 Å². The number of fused-ring (bicyclic) bond motifs is 1. The maximum atomic E-state index is 12.8. The average Bonchev–Trinajstić information content (AvgIpc) is 3.25. The predicted octanol–water partition coefficient (Wildman–Crippen LogP) is 2.20. The summed E-state index contributed by atoms with van der Waals surface area (Å²) in [4.78, 5) is 4.72. The van der Waals surface area contributed by atoms with Crippen LogP contribution < -0.4 is 4.90 Å². The standard InChI is InChI=1S/C17H21N3O2S2/c1-18-7-9-19(10-8-18)16-5-2-4-14-12-20(13-15(14)16)24(21,22)17-6-3-11-23-17/h2-6,11H,7-10,12-13H2,1H3. The fourth-order valence-electron chi connectivity index (χ4n) is 3.43. The van der Waals surface area contributed by atoms with E-state index in [0.717, 1.165) is 31.7 Å². The minimum absolute atomic E-state index is 0.427. The Morgan fingerprint density at radius 1 is 1.00 bits per heavy atom. The highest BCUT2D eigenvalue weighted by molar-refractivity contribution is 7.91. The van der Waals surface area contributed by atoms with Gasteiger partial charge in [-0.15, -0.1) is 11.3 Å². The molecule has 5 nitrogen and oxygen atoms in total. The molecule has 3 heterocycles. The van der Waals surface area contributed by atoms with Crippen molar-refractivity contribution in [2.75, 3.05) is 38.1 Å². The number of anilines is 1. The van der Waals surface area contributed by atoms with Crippen LogP contribution in [0.2, 0.25) is 0 Å². The highest BCUT2D eigenvalue weighted by Crippen LogP contribution is 2.35. The van der Waals surface area contributed by atoms with E-state index in [4.69, 9.17) is 0 Å². The average molecular weight is 364 g/mol. The van der Waals surface area contributed by atoms with Gasteiger partial charge in [0.15, 0.2) is 0 Å². The first-order valence-corrected chi connectivity index (χ1v) is 10.5. The van der Waals surface area contributed by atoms with Crippen LogP contribution in [0.5, 0.6) is 0 Å². The Morgan fingerprint density at radius 3 is 2.50 bits per heavy atom. The smallest absolute Gasteiger partial charge is 0.253 e. The van der Waals surface area contributed by atoms with Crippen LogP contribution in [0, 0.1) is 0 Å². The van der Waals surface area contributed by atoms with Gasteiger partial charge < -0.3 is 9.80 Å². The van der Waals surface area contributed by atoms with Crippen LogP contribution in [0.4, 0.5) is 5.69 Å². The third-order valence-electron chi connectivity index (χ3n) is 4.86. The van der Waals surface area contributed by atoms with Crippen LogP contribution in [0.1, 0.15) is 11.1 Å². The van der Waals surface area contributed by atoms with Crippen molar-refractivity contribution in [3.05, 3.63) is 46.8 Å². The largest absolute Gasteiger partial charge is 0.369 e. The van der Waals surface area contributed by atoms with Crippen molar-refractivity contribution in [1.82, 2.24) is 9.21 Å². The molecule has 7 heteroatoms. The summed E-state index contributed by atoms with van der Waals surface area (Å²) >= 11 is 1.28. The number of hydrogen-bond acceptors (Lipinski definition) is 5. The van der Waals surface area contributed by atoms with Gasteiger partial charge in [-0.05, 0) is 35.7 Å². The molecule has 24 heavy (non-hydrogen) atoms. The van der Waals surface area contributed by atoms with E-state index in [1.54, 1.807) is 16.4 Å². The van der Waals surface area contributed by atoms with Crippen molar-refractivity contribution >= 4 is 27.0 Å². The zero-order valence-corrected chi connectivity index (χ0v) is 15.3. The molecule has 0 unspecified atom stereocenters. The molecule has 2 aliphatic rings. The zero-order valence-electron chi connectivity index (χ0n) is 13.7. The lowest BCUT2D eigenvalue weighted by molar-refractivity contribution is 0.312. The Balaban J connectivity index is 1.62. The molecular formula is C17H21N3O2S2. The topological polar surface area (TPSA) is 43.9 Å². The number of piperazine rings is 1. The molecule has 4 rings (SSSR count). The summed E-state index contributed by atoms with van der Waals surface area (Å²) in [6, 6.07) is 9.71. The van der Waals surface area contributed by atoms with Crippen LogP contribution in [0.15, 0.2) is 39.9 Å². The molecule has 1 saturated heterocycles. The van der Waals surface area contributed by atoms with E-state index in [1.165, 1.54) is 22.6 Å². The van der Waals surface area contributed by atoms with Crippen LogP contribution in [-0.2, 0) is 23.1 Å². The van der Waals surface area contributed by atoms with Crippen molar-refractivity contribution < 1.29 is 8.42 Å². The van der Waals surface area contributed by atoms with Gasteiger partial charge >= 0.3 is 0 Å². The molecule has 0 aliphatic carbocycles. The van der Waals surface area contributed by atoms with Crippen LogP contribution in [-0.4, -0.2) is 50.8 Å². The third kappa shape index (κ3) is 2.75. The predicted molar refractivity (Wildman–Crippen MR) is 96.9 cm³/mol. The van der Waals surface area contributed by atoms with Crippen molar-refractivity contribution in [3.8, 4) is 0 Å². The quantitative estimate of drug-likeness (QED) is 0.839. The number of sulfonamides is 1. The molecule has 0 bridgehead atoms. The maximum absolute atomic E-state index is 12.8. The van der Waals surface area contributed by atoms with Gasteiger partial charge in [-0.25, -0.2) is 8.42 Å². The first-order valence-electron chi connectivity index (χ1n) is 8.13. The van der Waals surface area contributed by atoms with Gasteiger partial charge in [0.05, 0.1) is 0 Å². The fraction of sp³-hybridized carbons (Fsp3) is 0.412. The normalized spacial score (nSPS) is 19.6. The number of hydrogen-bond donors (Lipinski definition) is 0. The fourth-order valence-corrected chi connectivity index (χ4v) is 5.96. The number of thiophene rings is 1. The van der Waals surface area contributed by atoms with Gasteiger partial charge in [-0.3, -0.25) is 0 Å². The molecule has 1 aromatic heterocycles. The van der Waals surface area contributed by atoms with Crippen LogP contribution >= 0.6 is 11.3 Å². The summed E-state index contributed by atoms with van der Waals surface area (Å²) in [5.41, 5.74) is 3.50. The Hall–Kier alpha value is -1.41. The Kier molecular flexibility index (Phi) is 4.12. The molecule has 0 saturated carbocycles. The summed E-state index contributed by atoms with van der Waals surface area (Å²) in [5.74, 6) is 0. The summed E-state index contributed by atoms with van der Waals surface area (Å²) in [5, 5.41) is 1.81. The third-order valence-corrected chi connectivity index (χ3v) is 8.03. The Labute approximate surface area is 147 Å². The molecule has 128 valence electrons. The summed E-state index contributed by atoms with van der Waals surface area (Å²) < 4.78 is 27.6. The second-order valence-electron chi connectivity index (χ2n) is 6.41. The molecule has 0 radical (unpaired) electrons. The molecule has 0 spiro atoms. The highest BCUT2D eigenvalue weighted by Gasteiger charge is 2.33. The lowest BCUT2D eigenvalue weighted by Gasteiger charge is -2.35. The maximum Gasteiger partial charge on any atom is 0.253 e. The van der Waals surface area contributed by atoms with Gasteiger partial charge in [0.2, 0.25) is 0 Å². The SMILES string of the molecule is CN1CCN(c2cccc3c2CN(S(=O)(=O)c2cccs2)C3)CC1. The van der Waals surface area contributed by atoms with Crippen molar-refractivity contribution in [1.29, 1.82) is 0 Å². The number of nitrogens with zero attached hydrogens (tertiary/aromatic N) is 3. The number of likely N-dealkylation sites (N-methyl/N-ethyl adjacent to an activating group) is 1. The Bertz CT molecular complexity index is 826. The van der Waals surface area contributed by atoms with Crippen molar-refractivity contribution in [3.63, 3.8) is 0 Å². The van der Waals surface area contributed by atoms with E-state index in [1.807, 2.05) is 11.4 Å². The molecule has 1 aromatic carbocycles. The molecule has 0 atom stereocenters. The first kappa shape index (κ1) is 16.1. The highest BCUT2D eigenvalue weighted by atomic mass is 32.2. The molecule has 1 fully saturated rings. The first-order chi connectivity index (χ1) is 11.6. The zero-order chi connectivity index (χ0) is 16.7. The summed E-state index contributed by atoms with van der Waals surface area (Å²) in [7, 11) is -1.25. The summed E-state index contributed by atoms with van der Waals surface area (Å²) in [6.45, 7) is 5.01. The van der Waals surface area contributed by atoms with Gasteiger partial charge in [-0.2, -0.15) is 4.31 Å². The van der Waals surface area contributed by atoms with Crippen molar-refractivity contribution in [2.45, 2.75) is 17.3 Å². The van der Waals surface area contributed by atoms with Gasteiger partial charge in [0.25, 0.3) is 10.0 Å². The molecule has 0 N–H and O–H groups in total. The lowest BCUT2D eigenvalue weighted by Crippen LogP contribution is -2.44. The second-order valence-corrected chi connectivity index (χ2v) is 9.52. The minimum atomic E-state index is -3.39. The number of rotatable bonds is 3. The molecular weight excluding hydrogens is 342 g/mol. The molecule has 2 aliphatic heterocycles. The summed E-state index contributed by atoms with van der Waals surface area (Å²) in [6.07, 6.45) is 0. The van der Waals surface area contributed by atoms with Gasteiger partial charge in [0.1, 0.15) is 4.21 Å². The van der Waals surface area contributed by atoms with E-state index < -0.39 is 10.0 Å². The van der Waals surface area contributed by atoms with E-state index in [9.17, 15) is 8.42 Å². The minimum Gasteiger partial charge on any atom is -0.369 e. The second kappa shape index (κ2) is 6.15. The lowest BCUT2D eigenvalue weighted by atomic mass is 10.1.